The Morgan fingerprint density at radius 1 is 1.05 bits per heavy atom. The molecule has 110 valence electrons. The Kier molecular flexibility index (Phi) is 4.94. The van der Waals surface area contributed by atoms with Gasteiger partial charge in [0.2, 0.25) is 5.91 Å². The van der Waals surface area contributed by atoms with Gasteiger partial charge >= 0.3 is 5.97 Å². The first-order valence-corrected chi connectivity index (χ1v) is 6.67. The molecule has 1 N–H and O–H groups in total. The largest absolute Gasteiger partial charge is 0.465 e. The van der Waals surface area contributed by atoms with Gasteiger partial charge < -0.3 is 10.1 Å². The molecule has 0 aliphatic carbocycles. The summed E-state index contributed by atoms with van der Waals surface area (Å²) in [5, 5.41) is 2.73. The minimum atomic E-state index is -0.401. The number of benzene rings is 2. The molecule has 0 heterocycles. The fourth-order valence-electron chi connectivity index (χ4n) is 1.87. The molecular weight excluding hydrogens is 278 g/mol. The van der Waals surface area contributed by atoms with Crippen LogP contribution in [-0.4, -0.2) is 19.0 Å². The number of methoxy groups -OCH3 is 1. The standard InChI is InChI=1S/C18H15NO3/c1-13(20)19-17-9-4-3-7-15(17)11-10-14-6-5-8-16(12-14)18(21)22-2/h3-9,12H,1-2H3,(H,19,20). The van der Waals surface area contributed by atoms with Crippen molar-refractivity contribution in [2.24, 2.45) is 0 Å². The molecule has 0 unspecified atom stereocenters. The SMILES string of the molecule is COC(=O)c1cccc(C#Cc2ccccc2NC(C)=O)c1. The maximum Gasteiger partial charge on any atom is 0.337 e. The second-order valence-corrected chi connectivity index (χ2v) is 4.55. The summed E-state index contributed by atoms with van der Waals surface area (Å²) >= 11 is 0. The number of hydrogen-bond acceptors (Lipinski definition) is 3. The van der Waals surface area contributed by atoms with Gasteiger partial charge in [-0.15, -0.1) is 0 Å². The van der Waals surface area contributed by atoms with Gasteiger partial charge in [0.15, 0.2) is 0 Å². The molecule has 4 nitrogen and oxygen atoms in total. The minimum Gasteiger partial charge on any atom is -0.465 e. The maximum atomic E-state index is 11.5. The second kappa shape index (κ2) is 7.09. The Bertz CT molecular complexity index is 769. The van der Waals surface area contributed by atoms with Crippen molar-refractivity contribution in [2.75, 3.05) is 12.4 Å². The molecule has 0 aliphatic heterocycles. The third kappa shape index (κ3) is 3.97. The van der Waals surface area contributed by atoms with E-state index in [4.69, 9.17) is 0 Å². The van der Waals surface area contributed by atoms with Gasteiger partial charge in [-0.05, 0) is 30.3 Å². The van der Waals surface area contributed by atoms with Crippen molar-refractivity contribution in [3.8, 4) is 11.8 Å². The number of esters is 1. The Labute approximate surface area is 129 Å². The van der Waals surface area contributed by atoms with Crippen molar-refractivity contribution in [3.05, 3.63) is 65.2 Å². The van der Waals surface area contributed by atoms with Crippen molar-refractivity contribution in [2.45, 2.75) is 6.92 Å². The van der Waals surface area contributed by atoms with Gasteiger partial charge in [-0.2, -0.15) is 0 Å². The topological polar surface area (TPSA) is 55.4 Å². The van der Waals surface area contributed by atoms with E-state index in [2.05, 4.69) is 21.9 Å². The van der Waals surface area contributed by atoms with E-state index in [9.17, 15) is 9.59 Å². The van der Waals surface area contributed by atoms with E-state index >= 15 is 0 Å². The number of hydrogen-bond donors (Lipinski definition) is 1. The van der Waals surface area contributed by atoms with Crippen LogP contribution in [0, 0.1) is 11.8 Å². The first-order valence-electron chi connectivity index (χ1n) is 6.67. The molecule has 0 bridgehead atoms. The molecule has 1 amide bonds. The van der Waals surface area contributed by atoms with Crippen LogP contribution in [0.2, 0.25) is 0 Å². The van der Waals surface area contributed by atoms with Gasteiger partial charge in [-0.1, -0.05) is 30.0 Å². The molecule has 2 aromatic rings. The predicted molar refractivity (Wildman–Crippen MR) is 84.5 cm³/mol. The van der Waals surface area contributed by atoms with Gasteiger partial charge in [0.25, 0.3) is 0 Å². The number of carbonyl (C=O) groups is 2. The average Bonchev–Trinajstić information content (AvgIpc) is 2.53. The van der Waals surface area contributed by atoms with Gasteiger partial charge in [-0.3, -0.25) is 4.79 Å². The van der Waals surface area contributed by atoms with Gasteiger partial charge in [0, 0.05) is 18.1 Å². The summed E-state index contributed by atoms with van der Waals surface area (Å²) in [6, 6.07) is 14.2. The van der Waals surface area contributed by atoms with E-state index in [1.165, 1.54) is 14.0 Å². The number of anilines is 1. The summed E-state index contributed by atoms with van der Waals surface area (Å²) in [6.45, 7) is 1.45. The Balaban J connectivity index is 2.31. The summed E-state index contributed by atoms with van der Waals surface area (Å²) in [4.78, 5) is 22.7. The van der Waals surface area contributed by atoms with Crippen LogP contribution in [0.25, 0.3) is 0 Å². The third-order valence-electron chi connectivity index (χ3n) is 2.86. The van der Waals surface area contributed by atoms with Crippen molar-refractivity contribution >= 4 is 17.6 Å². The molecule has 0 saturated heterocycles. The van der Waals surface area contributed by atoms with E-state index in [1.807, 2.05) is 18.2 Å². The van der Waals surface area contributed by atoms with E-state index in [1.54, 1.807) is 30.3 Å². The zero-order chi connectivity index (χ0) is 15.9. The Morgan fingerprint density at radius 3 is 2.55 bits per heavy atom. The fraction of sp³-hybridized carbons (Fsp3) is 0.111. The van der Waals surface area contributed by atoms with Crippen LogP contribution >= 0.6 is 0 Å². The second-order valence-electron chi connectivity index (χ2n) is 4.55. The highest BCUT2D eigenvalue weighted by Crippen LogP contribution is 2.14. The molecular formula is C18H15NO3. The Hall–Kier alpha value is -3.06. The summed E-state index contributed by atoms with van der Waals surface area (Å²) < 4.78 is 4.68. The number of rotatable bonds is 2. The number of nitrogens with one attached hydrogen (secondary N) is 1. The smallest absolute Gasteiger partial charge is 0.337 e. The quantitative estimate of drug-likeness (QED) is 0.684. The van der Waals surface area contributed by atoms with Crippen LogP contribution in [0.3, 0.4) is 0 Å². The number of amides is 1. The lowest BCUT2D eigenvalue weighted by Crippen LogP contribution is -2.06. The number of carbonyl (C=O) groups excluding carboxylic acids is 2. The predicted octanol–water partition coefficient (Wildman–Crippen LogP) is 2.83. The molecule has 0 saturated carbocycles. The van der Waals surface area contributed by atoms with Crippen LogP contribution in [0.5, 0.6) is 0 Å². The monoisotopic (exact) mass is 293 g/mol. The van der Waals surface area contributed by atoms with E-state index in [-0.39, 0.29) is 5.91 Å². The zero-order valence-corrected chi connectivity index (χ0v) is 12.3. The molecule has 0 atom stereocenters. The first kappa shape index (κ1) is 15.3. The molecule has 0 aromatic heterocycles. The molecule has 22 heavy (non-hydrogen) atoms. The summed E-state index contributed by atoms with van der Waals surface area (Å²) in [7, 11) is 1.34. The molecule has 0 fully saturated rings. The average molecular weight is 293 g/mol. The maximum absolute atomic E-state index is 11.5. The molecule has 0 radical (unpaired) electrons. The minimum absolute atomic E-state index is 0.151. The lowest BCUT2D eigenvalue weighted by Gasteiger charge is -2.04. The van der Waals surface area contributed by atoms with Crippen LogP contribution in [-0.2, 0) is 9.53 Å². The molecule has 0 spiro atoms. The lowest BCUT2D eigenvalue weighted by atomic mass is 10.1. The number of para-hydroxylation sites is 1. The Morgan fingerprint density at radius 2 is 1.82 bits per heavy atom. The lowest BCUT2D eigenvalue weighted by molar-refractivity contribution is -0.114. The highest BCUT2D eigenvalue weighted by molar-refractivity contribution is 5.90. The van der Waals surface area contributed by atoms with Gasteiger partial charge in [0.1, 0.15) is 0 Å². The molecule has 2 aromatic carbocycles. The van der Waals surface area contributed by atoms with Crippen molar-refractivity contribution in [3.63, 3.8) is 0 Å². The van der Waals surface area contributed by atoms with Crippen LogP contribution in [0.15, 0.2) is 48.5 Å². The van der Waals surface area contributed by atoms with E-state index in [0.29, 0.717) is 22.4 Å². The summed E-state index contributed by atoms with van der Waals surface area (Å²) in [6.07, 6.45) is 0. The highest BCUT2D eigenvalue weighted by atomic mass is 16.5. The van der Waals surface area contributed by atoms with Crippen LogP contribution in [0.1, 0.15) is 28.4 Å². The molecule has 4 heteroatoms. The molecule has 2 rings (SSSR count). The van der Waals surface area contributed by atoms with E-state index in [0.717, 1.165) is 0 Å². The third-order valence-corrected chi connectivity index (χ3v) is 2.86. The van der Waals surface area contributed by atoms with E-state index < -0.39 is 5.97 Å². The normalized spacial score (nSPS) is 9.36. The van der Waals surface area contributed by atoms with Gasteiger partial charge in [-0.25, -0.2) is 4.79 Å². The fourth-order valence-corrected chi connectivity index (χ4v) is 1.87. The van der Waals surface area contributed by atoms with Crippen LogP contribution in [0.4, 0.5) is 5.69 Å². The summed E-state index contributed by atoms with van der Waals surface area (Å²) in [5.41, 5.74) is 2.51. The van der Waals surface area contributed by atoms with Crippen molar-refractivity contribution < 1.29 is 14.3 Å². The van der Waals surface area contributed by atoms with Crippen LogP contribution < -0.4 is 5.32 Å². The first-order chi connectivity index (χ1) is 10.6. The zero-order valence-electron chi connectivity index (χ0n) is 12.3. The number of ether oxygens (including phenoxy) is 1. The van der Waals surface area contributed by atoms with Gasteiger partial charge in [0.05, 0.1) is 18.4 Å². The highest BCUT2D eigenvalue weighted by Gasteiger charge is 2.04. The summed E-state index contributed by atoms with van der Waals surface area (Å²) in [5.74, 6) is 5.44. The molecule has 0 aliphatic rings. The van der Waals surface area contributed by atoms with Crippen molar-refractivity contribution in [1.29, 1.82) is 0 Å². The van der Waals surface area contributed by atoms with Crippen molar-refractivity contribution in [1.82, 2.24) is 0 Å².